The predicted molar refractivity (Wildman–Crippen MR) is 47.4 cm³/mol. The highest BCUT2D eigenvalue weighted by molar-refractivity contribution is 5.78. The first-order chi connectivity index (χ1) is 5.22. The molecular formula is C9H19NO. The van der Waals surface area contributed by atoms with Crippen LogP contribution < -0.4 is 0 Å². The first kappa shape index (κ1) is 10.5. The van der Waals surface area contributed by atoms with Crippen LogP contribution in [0.1, 0.15) is 33.1 Å². The molecule has 0 saturated heterocycles. The van der Waals surface area contributed by atoms with Gasteiger partial charge in [-0.05, 0) is 12.8 Å². The van der Waals surface area contributed by atoms with E-state index < -0.39 is 0 Å². The Hall–Kier alpha value is -0.530. The lowest BCUT2D eigenvalue weighted by Gasteiger charge is -2.26. The largest absolute Gasteiger partial charge is 0.349 e. The van der Waals surface area contributed by atoms with Crippen molar-refractivity contribution >= 4 is 5.91 Å². The van der Waals surface area contributed by atoms with Crippen molar-refractivity contribution in [1.82, 2.24) is 4.90 Å². The van der Waals surface area contributed by atoms with Gasteiger partial charge in [0.2, 0.25) is 5.91 Å². The van der Waals surface area contributed by atoms with E-state index in [9.17, 15) is 4.79 Å². The molecule has 1 rings (SSSR count). The fourth-order valence-electron chi connectivity index (χ4n) is 1.02. The Balaban J connectivity index is 0.000000461. The maximum Gasteiger partial charge on any atom is 0.225 e. The lowest BCUT2D eigenvalue weighted by molar-refractivity contribution is -0.135. The van der Waals surface area contributed by atoms with E-state index in [1.165, 1.54) is 6.42 Å². The number of hydrogen-bond donors (Lipinski definition) is 0. The summed E-state index contributed by atoms with van der Waals surface area (Å²) in [4.78, 5) is 12.7. The molecule has 1 fully saturated rings. The number of carbonyl (C=O) groups excluding carboxylic acids is 1. The first-order valence-corrected chi connectivity index (χ1v) is 4.43. The van der Waals surface area contributed by atoms with Gasteiger partial charge in [0.05, 0.1) is 0 Å². The molecule has 0 aliphatic heterocycles. The zero-order valence-electron chi connectivity index (χ0n) is 8.05. The molecule has 0 spiro atoms. The van der Waals surface area contributed by atoms with E-state index >= 15 is 0 Å². The highest BCUT2D eigenvalue weighted by atomic mass is 16.2. The Morgan fingerprint density at radius 3 is 1.82 bits per heavy atom. The summed E-state index contributed by atoms with van der Waals surface area (Å²) in [5, 5.41) is 0. The van der Waals surface area contributed by atoms with Gasteiger partial charge in [-0.2, -0.15) is 0 Å². The molecule has 1 aliphatic carbocycles. The molecule has 1 aliphatic rings. The van der Waals surface area contributed by atoms with Crippen LogP contribution in [-0.4, -0.2) is 24.9 Å². The summed E-state index contributed by atoms with van der Waals surface area (Å²) in [6, 6.07) is 0. The van der Waals surface area contributed by atoms with Gasteiger partial charge in [-0.15, -0.1) is 0 Å². The minimum Gasteiger partial charge on any atom is -0.349 e. The van der Waals surface area contributed by atoms with Crippen LogP contribution in [0, 0.1) is 5.92 Å². The van der Waals surface area contributed by atoms with E-state index in [0.29, 0.717) is 11.8 Å². The molecule has 0 N–H and O–H groups in total. The van der Waals surface area contributed by atoms with Crippen LogP contribution in [0.15, 0.2) is 0 Å². The van der Waals surface area contributed by atoms with Crippen LogP contribution in [0.25, 0.3) is 0 Å². The van der Waals surface area contributed by atoms with Crippen LogP contribution in [0.4, 0.5) is 0 Å². The molecular weight excluding hydrogens is 138 g/mol. The molecule has 0 aromatic heterocycles. The van der Waals surface area contributed by atoms with Gasteiger partial charge in [0.25, 0.3) is 0 Å². The third-order valence-electron chi connectivity index (χ3n) is 1.90. The van der Waals surface area contributed by atoms with Gasteiger partial charge in [-0.1, -0.05) is 20.3 Å². The molecule has 11 heavy (non-hydrogen) atoms. The van der Waals surface area contributed by atoms with Crippen molar-refractivity contribution in [2.45, 2.75) is 33.1 Å². The summed E-state index contributed by atoms with van der Waals surface area (Å²) in [5.41, 5.74) is 0. The molecule has 0 aromatic rings. The van der Waals surface area contributed by atoms with Crippen molar-refractivity contribution in [3.05, 3.63) is 0 Å². The van der Waals surface area contributed by atoms with Gasteiger partial charge < -0.3 is 4.90 Å². The Bertz CT molecular complexity index is 117. The lowest BCUT2D eigenvalue weighted by Crippen LogP contribution is -2.33. The van der Waals surface area contributed by atoms with Crippen molar-refractivity contribution in [2.75, 3.05) is 14.1 Å². The third-order valence-corrected chi connectivity index (χ3v) is 1.90. The summed E-state index contributed by atoms with van der Waals surface area (Å²) in [5.74, 6) is 0.668. The molecule has 1 saturated carbocycles. The Morgan fingerprint density at radius 2 is 1.73 bits per heavy atom. The molecule has 0 atom stereocenters. The second-order valence-electron chi connectivity index (χ2n) is 2.86. The molecule has 66 valence electrons. The van der Waals surface area contributed by atoms with Gasteiger partial charge in [-0.25, -0.2) is 0 Å². The van der Waals surface area contributed by atoms with Gasteiger partial charge in [0.15, 0.2) is 0 Å². The Morgan fingerprint density at radius 1 is 1.27 bits per heavy atom. The topological polar surface area (TPSA) is 20.3 Å². The van der Waals surface area contributed by atoms with E-state index in [1.807, 2.05) is 27.9 Å². The summed E-state index contributed by atoms with van der Waals surface area (Å²) in [6.45, 7) is 4.00. The monoisotopic (exact) mass is 157 g/mol. The van der Waals surface area contributed by atoms with Crippen LogP contribution >= 0.6 is 0 Å². The number of carbonyl (C=O) groups is 1. The molecule has 0 bridgehead atoms. The van der Waals surface area contributed by atoms with E-state index in [2.05, 4.69) is 0 Å². The highest BCUT2D eigenvalue weighted by Crippen LogP contribution is 2.27. The van der Waals surface area contributed by atoms with E-state index in [0.717, 1.165) is 12.8 Å². The molecule has 0 aromatic carbocycles. The van der Waals surface area contributed by atoms with Crippen LogP contribution in [-0.2, 0) is 4.79 Å². The van der Waals surface area contributed by atoms with E-state index in [-0.39, 0.29) is 0 Å². The molecule has 0 radical (unpaired) electrons. The van der Waals surface area contributed by atoms with Gasteiger partial charge >= 0.3 is 0 Å². The smallest absolute Gasteiger partial charge is 0.225 e. The SMILES string of the molecule is CC.CN(C)C(=O)C1CCC1. The predicted octanol–water partition coefficient (Wildman–Crippen LogP) is 1.90. The van der Waals surface area contributed by atoms with Crippen LogP contribution in [0.3, 0.4) is 0 Å². The van der Waals surface area contributed by atoms with Gasteiger partial charge in [-0.3, -0.25) is 4.79 Å². The van der Waals surface area contributed by atoms with Crippen molar-refractivity contribution in [3.63, 3.8) is 0 Å². The van der Waals surface area contributed by atoms with Crippen LogP contribution in [0.2, 0.25) is 0 Å². The number of nitrogens with zero attached hydrogens (tertiary/aromatic N) is 1. The van der Waals surface area contributed by atoms with Crippen molar-refractivity contribution in [2.24, 2.45) is 5.92 Å². The zero-order valence-corrected chi connectivity index (χ0v) is 8.05. The van der Waals surface area contributed by atoms with Gasteiger partial charge in [0.1, 0.15) is 0 Å². The molecule has 0 unspecified atom stereocenters. The van der Waals surface area contributed by atoms with Crippen molar-refractivity contribution in [3.8, 4) is 0 Å². The Kier molecular flexibility index (Phi) is 4.92. The summed E-state index contributed by atoms with van der Waals surface area (Å²) >= 11 is 0. The lowest BCUT2D eigenvalue weighted by atomic mass is 9.84. The normalized spacial score (nSPS) is 16.0. The second-order valence-corrected chi connectivity index (χ2v) is 2.86. The Labute approximate surface area is 69.6 Å². The minimum atomic E-state index is 0.307. The summed E-state index contributed by atoms with van der Waals surface area (Å²) < 4.78 is 0. The maximum absolute atomic E-state index is 11.1. The summed E-state index contributed by atoms with van der Waals surface area (Å²) in [7, 11) is 3.64. The molecule has 2 heteroatoms. The van der Waals surface area contributed by atoms with Crippen LogP contribution in [0.5, 0.6) is 0 Å². The second kappa shape index (κ2) is 5.16. The third kappa shape index (κ3) is 2.91. The van der Waals surface area contributed by atoms with Crippen molar-refractivity contribution < 1.29 is 4.79 Å². The molecule has 1 amide bonds. The van der Waals surface area contributed by atoms with E-state index in [1.54, 1.807) is 4.90 Å². The number of hydrogen-bond acceptors (Lipinski definition) is 1. The number of rotatable bonds is 1. The average Bonchev–Trinajstić information content (AvgIpc) is 1.88. The first-order valence-electron chi connectivity index (χ1n) is 4.43. The average molecular weight is 157 g/mol. The fraction of sp³-hybridized carbons (Fsp3) is 0.889. The summed E-state index contributed by atoms with van der Waals surface area (Å²) in [6.07, 6.45) is 3.46. The standard InChI is InChI=1S/C7H13NO.C2H6/c1-8(2)7(9)6-4-3-5-6;1-2/h6H,3-5H2,1-2H3;1-2H3. The maximum atomic E-state index is 11.1. The highest BCUT2D eigenvalue weighted by Gasteiger charge is 2.25. The fourth-order valence-corrected chi connectivity index (χ4v) is 1.02. The zero-order chi connectivity index (χ0) is 8.85. The quantitative estimate of drug-likeness (QED) is 0.569. The van der Waals surface area contributed by atoms with Gasteiger partial charge in [0, 0.05) is 20.0 Å². The molecule has 0 heterocycles. The van der Waals surface area contributed by atoms with Crippen molar-refractivity contribution in [1.29, 1.82) is 0 Å². The molecule has 2 nitrogen and oxygen atoms in total. The number of amides is 1. The minimum absolute atomic E-state index is 0.307. The van der Waals surface area contributed by atoms with E-state index in [4.69, 9.17) is 0 Å².